The first-order chi connectivity index (χ1) is 11.6. The molecular formula is C20H40O4. The lowest BCUT2D eigenvalue weighted by molar-refractivity contribution is -0.137. The molecule has 2 unspecified atom stereocenters. The lowest BCUT2D eigenvalue weighted by Gasteiger charge is -2.15. The fourth-order valence-corrected chi connectivity index (χ4v) is 3.07. The molecule has 0 saturated heterocycles. The Morgan fingerprint density at radius 1 is 0.708 bits per heavy atom. The van der Waals surface area contributed by atoms with Crippen molar-refractivity contribution < 1.29 is 20.1 Å². The molecule has 0 aromatic heterocycles. The zero-order chi connectivity index (χ0) is 18.0. The summed E-state index contributed by atoms with van der Waals surface area (Å²) >= 11 is 0. The number of carboxylic acids is 1. The summed E-state index contributed by atoms with van der Waals surface area (Å²) in [5.41, 5.74) is 0. The predicted molar refractivity (Wildman–Crippen MR) is 99.2 cm³/mol. The maximum absolute atomic E-state index is 10.4. The van der Waals surface area contributed by atoms with Crippen molar-refractivity contribution in [3.8, 4) is 0 Å². The molecule has 0 aromatic rings. The SMILES string of the molecule is CCCCCCCCC(O)CC(O)CCCCCCCCC(=O)O. The topological polar surface area (TPSA) is 77.8 Å². The maximum atomic E-state index is 10.4. The summed E-state index contributed by atoms with van der Waals surface area (Å²) in [5.74, 6) is -0.711. The molecule has 0 fully saturated rings. The molecule has 24 heavy (non-hydrogen) atoms. The van der Waals surface area contributed by atoms with E-state index in [-0.39, 0.29) is 18.6 Å². The first-order valence-electron chi connectivity index (χ1n) is 10.1. The minimum Gasteiger partial charge on any atom is -0.481 e. The van der Waals surface area contributed by atoms with Crippen LogP contribution < -0.4 is 0 Å². The van der Waals surface area contributed by atoms with E-state index < -0.39 is 5.97 Å². The molecule has 0 bridgehead atoms. The molecule has 0 amide bonds. The van der Waals surface area contributed by atoms with Gasteiger partial charge in [-0.2, -0.15) is 0 Å². The Morgan fingerprint density at radius 3 is 1.58 bits per heavy atom. The molecule has 0 spiro atoms. The second kappa shape index (κ2) is 17.2. The highest BCUT2D eigenvalue weighted by molar-refractivity contribution is 5.66. The monoisotopic (exact) mass is 344 g/mol. The Balaban J connectivity index is 3.35. The molecule has 3 N–H and O–H groups in total. The van der Waals surface area contributed by atoms with Crippen LogP contribution in [0.1, 0.15) is 110 Å². The second-order valence-electron chi connectivity index (χ2n) is 7.15. The van der Waals surface area contributed by atoms with Gasteiger partial charge in [0.15, 0.2) is 0 Å². The van der Waals surface area contributed by atoms with Crippen LogP contribution >= 0.6 is 0 Å². The Labute approximate surface area is 148 Å². The average molecular weight is 345 g/mol. The largest absolute Gasteiger partial charge is 0.481 e. The Hall–Kier alpha value is -0.610. The van der Waals surface area contributed by atoms with Crippen molar-refractivity contribution in [3.63, 3.8) is 0 Å². The zero-order valence-corrected chi connectivity index (χ0v) is 15.7. The molecule has 4 nitrogen and oxygen atoms in total. The van der Waals surface area contributed by atoms with Gasteiger partial charge in [-0.15, -0.1) is 0 Å². The van der Waals surface area contributed by atoms with Crippen LogP contribution in [0.2, 0.25) is 0 Å². The van der Waals surface area contributed by atoms with E-state index in [0.717, 1.165) is 57.8 Å². The van der Waals surface area contributed by atoms with Crippen LogP contribution in [0, 0.1) is 0 Å². The van der Waals surface area contributed by atoms with Gasteiger partial charge in [-0.1, -0.05) is 77.6 Å². The number of hydrogen-bond acceptors (Lipinski definition) is 3. The highest BCUT2D eigenvalue weighted by Gasteiger charge is 2.11. The van der Waals surface area contributed by atoms with Crippen molar-refractivity contribution in [1.29, 1.82) is 0 Å². The van der Waals surface area contributed by atoms with Crippen LogP contribution in [0.4, 0.5) is 0 Å². The Bertz CT molecular complexity index is 281. The molecular weight excluding hydrogens is 304 g/mol. The standard InChI is InChI=1S/C20H40O4/c1-2-3-4-5-8-11-14-18(21)17-19(22)15-12-9-6-7-10-13-16-20(23)24/h18-19,21-22H,2-17H2,1H3,(H,23,24). The number of rotatable bonds is 18. The van der Waals surface area contributed by atoms with Gasteiger partial charge in [-0.3, -0.25) is 4.79 Å². The van der Waals surface area contributed by atoms with Crippen LogP contribution in [0.3, 0.4) is 0 Å². The zero-order valence-electron chi connectivity index (χ0n) is 15.7. The highest BCUT2D eigenvalue weighted by Crippen LogP contribution is 2.15. The van der Waals surface area contributed by atoms with Crippen LogP contribution in [0.25, 0.3) is 0 Å². The first-order valence-corrected chi connectivity index (χ1v) is 10.1. The Kier molecular flexibility index (Phi) is 16.8. The van der Waals surface area contributed by atoms with E-state index in [1.807, 2.05) is 0 Å². The molecule has 0 rings (SSSR count). The predicted octanol–water partition coefficient (Wildman–Crippen LogP) is 5.05. The van der Waals surface area contributed by atoms with Gasteiger partial charge >= 0.3 is 5.97 Å². The van der Waals surface area contributed by atoms with Crippen molar-refractivity contribution in [2.45, 2.75) is 122 Å². The third kappa shape index (κ3) is 17.7. The minimum atomic E-state index is -0.711. The van der Waals surface area contributed by atoms with Crippen molar-refractivity contribution in [2.24, 2.45) is 0 Å². The number of carboxylic acid groups (broad SMARTS) is 1. The minimum absolute atomic E-state index is 0.273. The number of aliphatic carboxylic acids is 1. The van der Waals surface area contributed by atoms with Crippen LogP contribution in [0.5, 0.6) is 0 Å². The fraction of sp³-hybridized carbons (Fsp3) is 0.950. The van der Waals surface area contributed by atoms with Gasteiger partial charge in [0.25, 0.3) is 0 Å². The molecule has 0 aromatic carbocycles. The molecule has 0 saturated carbocycles. The van der Waals surface area contributed by atoms with E-state index >= 15 is 0 Å². The molecule has 4 heteroatoms. The molecule has 0 aliphatic heterocycles. The summed E-state index contributed by atoms with van der Waals surface area (Å²) in [6.07, 6.45) is 15.0. The van der Waals surface area contributed by atoms with Gasteiger partial charge in [0.2, 0.25) is 0 Å². The maximum Gasteiger partial charge on any atom is 0.303 e. The van der Waals surface area contributed by atoms with Crippen LogP contribution in [0.15, 0.2) is 0 Å². The van der Waals surface area contributed by atoms with Crippen molar-refractivity contribution >= 4 is 5.97 Å². The van der Waals surface area contributed by atoms with Crippen molar-refractivity contribution in [1.82, 2.24) is 0 Å². The van der Waals surface area contributed by atoms with Crippen LogP contribution in [-0.4, -0.2) is 33.5 Å². The summed E-state index contributed by atoms with van der Waals surface area (Å²) in [5, 5.41) is 28.5. The summed E-state index contributed by atoms with van der Waals surface area (Å²) in [4.78, 5) is 10.4. The highest BCUT2D eigenvalue weighted by atomic mass is 16.4. The van der Waals surface area contributed by atoms with Crippen molar-refractivity contribution in [2.75, 3.05) is 0 Å². The van der Waals surface area contributed by atoms with E-state index in [1.54, 1.807) is 0 Å². The molecule has 0 aliphatic rings. The number of unbranched alkanes of at least 4 members (excludes halogenated alkanes) is 10. The Morgan fingerprint density at radius 2 is 1.12 bits per heavy atom. The normalized spacial score (nSPS) is 13.8. The van der Waals surface area contributed by atoms with Gasteiger partial charge in [0.05, 0.1) is 12.2 Å². The summed E-state index contributed by atoms with van der Waals surface area (Å²) in [6, 6.07) is 0. The van der Waals surface area contributed by atoms with E-state index in [1.165, 1.54) is 32.1 Å². The molecule has 0 heterocycles. The first kappa shape index (κ1) is 23.4. The van der Waals surface area contributed by atoms with Gasteiger partial charge in [-0.05, 0) is 25.7 Å². The number of aliphatic hydroxyl groups is 2. The third-order valence-corrected chi connectivity index (χ3v) is 4.61. The molecule has 144 valence electrons. The van der Waals surface area contributed by atoms with E-state index in [2.05, 4.69) is 6.92 Å². The lowest BCUT2D eigenvalue weighted by Crippen LogP contribution is -2.17. The second-order valence-corrected chi connectivity index (χ2v) is 7.15. The smallest absolute Gasteiger partial charge is 0.303 e. The van der Waals surface area contributed by atoms with E-state index in [4.69, 9.17) is 5.11 Å². The van der Waals surface area contributed by atoms with Gasteiger partial charge < -0.3 is 15.3 Å². The van der Waals surface area contributed by atoms with Gasteiger partial charge in [0, 0.05) is 6.42 Å². The van der Waals surface area contributed by atoms with E-state index in [0.29, 0.717) is 6.42 Å². The molecule has 0 radical (unpaired) electrons. The quantitative estimate of drug-likeness (QED) is 0.304. The average Bonchev–Trinajstić information content (AvgIpc) is 2.53. The fourth-order valence-electron chi connectivity index (χ4n) is 3.07. The number of aliphatic hydroxyl groups excluding tert-OH is 2. The third-order valence-electron chi connectivity index (χ3n) is 4.61. The summed E-state index contributed by atoms with van der Waals surface area (Å²) in [6.45, 7) is 2.21. The molecule has 2 atom stereocenters. The summed E-state index contributed by atoms with van der Waals surface area (Å²) < 4.78 is 0. The molecule has 0 aliphatic carbocycles. The van der Waals surface area contributed by atoms with Gasteiger partial charge in [0.1, 0.15) is 0 Å². The number of carbonyl (C=O) groups is 1. The van der Waals surface area contributed by atoms with E-state index in [9.17, 15) is 15.0 Å². The van der Waals surface area contributed by atoms with Crippen LogP contribution in [-0.2, 0) is 4.79 Å². The lowest BCUT2D eigenvalue weighted by atomic mass is 10.00. The number of hydrogen-bond donors (Lipinski definition) is 3. The van der Waals surface area contributed by atoms with Crippen molar-refractivity contribution in [3.05, 3.63) is 0 Å². The summed E-state index contributed by atoms with van der Waals surface area (Å²) in [7, 11) is 0. The van der Waals surface area contributed by atoms with Gasteiger partial charge in [-0.25, -0.2) is 0 Å².